The molecule has 0 aliphatic rings. The summed E-state index contributed by atoms with van der Waals surface area (Å²) in [5, 5.41) is 0. The molecular weight excluding hydrogens is 757 g/mol. The van der Waals surface area contributed by atoms with E-state index in [9.17, 15) is 14.4 Å². The van der Waals surface area contributed by atoms with Crippen molar-refractivity contribution in [3.8, 4) is 0 Å². The van der Waals surface area contributed by atoms with Crippen molar-refractivity contribution in [2.45, 2.75) is 245 Å². The van der Waals surface area contributed by atoms with Crippen molar-refractivity contribution in [2.24, 2.45) is 0 Å². The molecule has 0 fully saturated rings. The van der Waals surface area contributed by atoms with E-state index in [1.165, 1.54) is 103 Å². The summed E-state index contributed by atoms with van der Waals surface area (Å²) < 4.78 is 16.7. The van der Waals surface area contributed by atoms with Crippen LogP contribution in [-0.2, 0) is 28.6 Å². The van der Waals surface area contributed by atoms with Gasteiger partial charge in [-0.15, -0.1) is 0 Å². The van der Waals surface area contributed by atoms with Gasteiger partial charge in [0.25, 0.3) is 0 Å². The number of ether oxygens (including phenoxy) is 3. The van der Waals surface area contributed by atoms with Gasteiger partial charge in [-0.3, -0.25) is 14.4 Å². The highest BCUT2D eigenvalue weighted by atomic mass is 16.6. The Kier molecular flexibility index (Phi) is 46.9. The van der Waals surface area contributed by atoms with Gasteiger partial charge < -0.3 is 14.2 Å². The van der Waals surface area contributed by atoms with Crippen LogP contribution in [0.3, 0.4) is 0 Å². The molecule has 0 saturated carbocycles. The molecule has 0 aromatic heterocycles. The van der Waals surface area contributed by atoms with E-state index in [1.807, 2.05) is 0 Å². The average Bonchev–Trinajstić information content (AvgIpc) is 3.26. The summed E-state index contributed by atoms with van der Waals surface area (Å²) >= 11 is 0. The van der Waals surface area contributed by atoms with E-state index in [2.05, 4.69) is 93.7 Å². The smallest absolute Gasteiger partial charge is 0.306 e. The maximum absolute atomic E-state index is 12.8. The number of esters is 3. The Morgan fingerprint density at radius 2 is 0.656 bits per heavy atom. The van der Waals surface area contributed by atoms with Crippen LogP contribution in [0.5, 0.6) is 0 Å². The number of carbonyl (C=O) groups excluding carboxylic acids is 3. The molecule has 0 aliphatic heterocycles. The first-order valence-corrected chi connectivity index (χ1v) is 25.4. The van der Waals surface area contributed by atoms with E-state index in [0.717, 1.165) is 89.9 Å². The van der Waals surface area contributed by atoms with Crippen molar-refractivity contribution < 1.29 is 28.6 Å². The van der Waals surface area contributed by atoms with Gasteiger partial charge in [0.1, 0.15) is 13.2 Å². The van der Waals surface area contributed by atoms with Gasteiger partial charge in [0.05, 0.1) is 0 Å². The highest BCUT2D eigenvalue weighted by Crippen LogP contribution is 2.14. The molecule has 350 valence electrons. The lowest BCUT2D eigenvalue weighted by molar-refractivity contribution is -0.167. The molecular formula is C55H94O6. The number of rotatable bonds is 45. The summed E-state index contributed by atoms with van der Waals surface area (Å²) in [5.41, 5.74) is 0. The minimum atomic E-state index is -0.799. The summed E-state index contributed by atoms with van der Waals surface area (Å²) in [4.78, 5) is 37.9. The zero-order valence-electron chi connectivity index (χ0n) is 39.9. The Labute approximate surface area is 376 Å². The molecule has 1 atom stereocenters. The lowest BCUT2D eigenvalue weighted by Gasteiger charge is -2.18. The third-order valence-electron chi connectivity index (χ3n) is 10.7. The predicted octanol–water partition coefficient (Wildman–Crippen LogP) is 16.6. The van der Waals surface area contributed by atoms with Gasteiger partial charge in [-0.1, -0.05) is 209 Å². The summed E-state index contributed by atoms with van der Waals surface area (Å²) in [6.45, 7) is 6.45. The summed E-state index contributed by atoms with van der Waals surface area (Å²) in [7, 11) is 0. The summed E-state index contributed by atoms with van der Waals surface area (Å²) in [6.07, 6.45) is 61.7. The van der Waals surface area contributed by atoms with Crippen molar-refractivity contribution in [1.29, 1.82) is 0 Å². The van der Waals surface area contributed by atoms with E-state index in [4.69, 9.17) is 14.2 Å². The quantitative estimate of drug-likeness (QED) is 0.0263. The molecule has 0 N–H and O–H groups in total. The summed E-state index contributed by atoms with van der Waals surface area (Å²) in [5.74, 6) is -0.963. The topological polar surface area (TPSA) is 78.9 Å². The number of unbranched alkanes of at least 4 members (excludes halogenated alkanes) is 22. The maximum atomic E-state index is 12.8. The van der Waals surface area contributed by atoms with Crippen molar-refractivity contribution in [3.05, 3.63) is 72.9 Å². The third kappa shape index (κ3) is 47.7. The molecule has 1 unspecified atom stereocenters. The van der Waals surface area contributed by atoms with Gasteiger partial charge >= 0.3 is 17.9 Å². The molecule has 0 aromatic carbocycles. The van der Waals surface area contributed by atoms with Crippen molar-refractivity contribution in [1.82, 2.24) is 0 Å². The summed E-state index contributed by atoms with van der Waals surface area (Å²) in [6, 6.07) is 0. The Morgan fingerprint density at radius 3 is 1.08 bits per heavy atom. The van der Waals surface area contributed by atoms with E-state index in [0.29, 0.717) is 19.3 Å². The Hall–Kier alpha value is -3.15. The highest BCUT2D eigenvalue weighted by Gasteiger charge is 2.19. The van der Waals surface area contributed by atoms with Gasteiger partial charge in [0.2, 0.25) is 0 Å². The first-order valence-electron chi connectivity index (χ1n) is 25.4. The van der Waals surface area contributed by atoms with Crippen LogP contribution < -0.4 is 0 Å². The van der Waals surface area contributed by atoms with Crippen LogP contribution >= 0.6 is 0 Å². The fourth-order valence-corrected chi connectivity index (χ4v) is 6.88. The number of hydrogen-bond donors (Lipinski definition) is 0. The van der Waals surface area contributed by atoms with Crippen LogP contribution in [0.1, 0.15) is 239 Å². The molecule has 6 nitrogen and oxygen atoms in total. The van der Waals surface area contributed by atoms with Gasteiger partial charge in [0.15, 0.2) is 6.10 Å². The van der Waals surface area contributed by atoms with Crippen LogP contribution in [0, 0.1) is 0 Å². The Bertz CT molecular complexity index is 1160. The van der Waals surface area contributed by atoms with Crippen LogP contribution in [0.25, 0.3) is 0 Å². The minimum Gasteiger partial charge on any atom is -0.462 e. The van der Waals surface area contributed by atoms with Gasteiger partial charge in [-0.2, -0.15) is 0 Å². The lowest BCUT2D eigenvalue weighted by Crippen LogP contribution is -2.30. The zero-order chi connectivity index (χ0) is 44.4. The van der Waals surface area contributed by atoms with Gasteiger partial charge in [0, 0.05) is 19.3 Å². The third-order valence-corrected chi connectivity index (χ3v) is 10.7. The largest absolute Gasteiger partial charge is 0.462 e. The van der Waals surface area contributed by atoms with E-state index >= 15 is 0 Å². The molecule has 6 heteroatoms. The number of carbonyl (C=O) groups is 3. The highest BCUT2D eigenvalue weighted by molar-refractivity contribution is 5.71. The molecule has 0 heterocycles. The van der Waals surface area contributed by atoms with Crippen LogP contribution in [0.15, 0.2) is 72.9 Å². The molecule has 0 aliphatic carbocycles. The molecule has 0 saturated heterocycles. The molecule has 61 heavy (non-hydrogen) atoms. The lowest BCUT2D eigenvalue weighted by atomic mass is 10.0. The van der Waals surface area contributed by atoms with Gasteiger partial charge in [-0.25, -0.2) is 0 Å². The van der Waals surface area contributed by atoms with Crippen LogP contribution in [0.4, 0.5) is 0 Å². The Balaban J connectivity index is 4.48. The zero-order valence-corrected chi connectivity index (χ0v) is 39.9. The van der Waals surface area contributed by atoms with Crippen LogP contribution in [0.2, 0.25) is 0 Å². The van der Waals surface area contributed by atoms with Crippen molar-refractivity contribution >= 4 is 17.9 Å². The monoisotopic (exact) mass is 851 g/mol. The molecule has 0 bridgehead atoms. The SMILES string of the molecule is CC/C=C\C/C=C\C/C=C\C/C=C\C/C=C\CCCC(=O)OCC(COC(=O)CCCCCCCCCCCCCC)OC(=O)CCCCCCC/C=C\CCCCCCC. The standard InChI is InChI=1S/C55H94O6/c1-4-7-10-13-16-19-22-25-27-28-29-31-33-36-39-42-45-48-54(57)60-51-52(50-59-53(56)47-44-41-38-35-32-24-21-18-15-12-9-6-3)61-55(58)49-46-43-40-37-34-30-26-23-20-17-14-11-8-5-2/h7,10,16,19,23,25-27,29,31,36,39,52H,4-6,8-9,11-15,17-18,20-22,24,28,30,32-35,37-38,40-51H2,1-3H3/b10-7-,19-16-,26-23-,27-25-,31-29-,39-36-. The van der Waals surface area contributed by atoms with Crippen LogP contribution in [-0.4, -0.2) is 37.2 Å². The molecule has 0 rings (SSSR count). The number of hydrogen-bond acceptors (Lipinski definition) is 6. The van der Waals surface area contributed by atoms with Crippen molar-refractivity contribution in [2.75, 3.05) is 13.2 Å². The molecule has 0 spiro atoms. The minimum absolute atomic E-state index is 0.0948. The number of allylic oxidation sites excluding steroid dienone is 12. The second kappa shape index (κ2) is 49.5. The molecule has 0 radical (unpaired) electrons. The van der Waals surface area contributed by atoms with Crippen molar-refractivity contribution in [3.63, 3.8) is 0 Å². The second-order valence-corrected chi connectivity index (χ2v) is 16.7. The normalized spacial score (nSPS) is 12.6. The van der Waals surface area contributed by atoms with E-state index in [-0.39, 0.29) is 37.5 Å². The first kappa shape index (κ1) is 57.9. The second-order valence-electron chi connectivity index (χ2n) is 16.7. The average molecular weight is 851 g/mol. The maximum Gasteiger partial charge on any atom is 0.306 e. The van der Waals surface area contributed by atoms with E-state index < -0.39 is 6.10 Å². The Morgan fingerprint density at radius 1 is 0.344 bits per heavy atom. The molecule has 0 aromatic rings. The predicted molar refractivity (Wildman–Crippen MR) is 261 cm³/mol. The fraction of sp³-hybridized carbons (Fsp3) is 0.727. The first-order chi connectivity index (χ1) is 30.0. The molecule has 0 amide bonds. The van der Waals surface area contributed by atoms with E-state index in [1.54, 1.807) is 0 Å². The fourth-order valence-electron chi connectivity index (χ4n) is 6.88. The van der Waals surface area contributed by atoms with Gasteiger partial charge in [-0.05, 0) is 83.5 Å².